The van der Waals surface area contributed by atoms with Crippen molar-refractivity contribution < 1.29 is 0 Å². The Kier molecular flexibility index (Phi) is 4.01. The summed E-state index contributed by atoms with van der Waals surface area (Å²) >= 11 is 0. The summed E-state index contributed by atoms with van der Waals surface area (Å²) in [5.74, 6) is 0.748. The Bertz CT molecular complexity index is 1700. The minimum atomic E-state index is 0.663. The lowest BCUT2D eigenvalue weighted by atomic mass is 10.0. The fourth-order valence-electron chi connectivity index (χ4n) is 4.96. The van der Waals surface area contributed by atoms with Crippen molar-refractivity contribution in [2.75, 3.05) is 7.05 Å². The number of imidazole rings is 1. The molecule has 166 valence electrons. The Balaban J connectivity index is 1.53. The molecule has 7 rings (SSSR count). The number of fused-ring (bicyclic) bond motifs is 8. The topological polar surface area (TPSA) is 91.3 Å². The number of aromatic amines is 2. The summed E-state index contributed by atoms with van der Waals surface area (Å²) in [4.78, 5) is 15.4. The number of nitrogens with zero attached hydrogens (tertiary/aromatic N) is 6. The van der Waals surface area contributed by atoms with Crippen molar-refractivity contribution in [1.29, 1.82) is 0 Å². The third-order valence-electron chi connectivity index (χ3n) is 6.64. The molecule has 0 unspecified atom stereocenters. The smallest absolute Gasteiger partial charge is 0.181 e. The molecule has 2 aromatic carbocycles. The van der Waals surface area contributed by atoms with Crippen LogP contribution in [-0.4, -0.2) is 46.9 Å². The predicted octanol–water partition coefficient (Wildman–Crippen LogP) is 4.51. The largest absolute Gasteiger partial charge is 0.337 e. The third-order valence-corrected chi connectivity index (χ3v) is 6.64. The molecule has 0 saturated heterocycles. The third kappa shape index (κ3) is 2.89. The van der Waals surface area contributed by atoms with E-state index >= 15 is 0 Å². The standard InChI is InChI=1S/C26H22N8/c1-33-13-15-5-3-6-16(9-15)18-7-4-8-21-23(18)30-26(29-21)24-19-10-17(11-27-25(19)32-31-24)20-12-28-34(2)22(20)14-33/h3-12H,13-14H2,1-2H3,(H,29,30)(H,27,31,32). The number of hydrogen-bond acceptors (Lipinski definition) is 5. The van der Waals surface area contributed by atoms with Gasteiger partial charge < -0.3 is 4.98 Å². The first-order valence-electron chi connectivity index (χ1n) is 11.3. The molecule has 0 fully saturated rings. The van der Waals surface area contributed by atoms with Crippen molar-refractivity contribution in [2.24, 2.45) is 7.05 Å². The average Bonchev–Trinajstić information content (AvgIpc) is 3.55. The van der Waals surface area contributed by atoms with Crippen molar-refractivity contribution in [2.45, 2.75) is 13.1 Å². The van der Waals surface area contributed by atoms with E-state index in [1.54, 1.807) is 0 Å². The Hall–Kier alpha value is -4.30. The predicted molar refractivity (Wildman–Crippen MR) is 132 cm³/mol. The van der Waals surface area contributed by atoms with Crippen LogP contribution in [0.5, 0.6) is 0 Å². The molecule has 4 aromatic heterocycles. The molecule has 2 N–H and O–H groups in total. The minimum absolute atomic E-state index is 0.663. The van der Waals surface area contributed by atoms with Gasteiger partial charge in [0.1, 0.15) is 5.69 Å². The van der Waals surface area contributed by atoms with Gasteiger partial charge in [0.15, 0.2) is 11.5 Å². The van der Waals surface area contributed by atoms with Crippen LogP contribution in [0.4, 0.5) is 0 Å². The van der Waals surface area contributed by atoms with Gasteiger partial charge in [0, 0.05) is 43.0 Å². The molecule has 5 heterocycles. The summed E-state index contributed by atoms with van der Waals surface area (Å²) < 4.78 is 1.95. The molecule has 0 spiro atoms. The van der Waals surface area contributed by atoms with Crippen LogP contribution in [0, 0.1) is 0 Å². The van der Waals surface area contributed by atoms with Gasteiger partial charge in [0.05, 0.1) is 28.3 Å². The van der Waals surface area contributed by atoms with Crippen molar-refractivity contribution in [3.05, 3.63) is 72.2 Å². The van der Waals surface area contributed by atoms with E-state index in [0.717, 1.165) is 69.0 Å². The van der Waals surface area contributed by atoms with E-state index in [4.69, 9.17) is 4.98 Å². The number of aromatic nitrogens is 7. The van der Waals surface area contributed by atoms with E-state index in [-0.39, 0.29) is 0 Å². The first-order chi connectivity index (χ1) is 16.6. The van der Waals surface area contributed by atoms with Crippen LogP contribution in [0.3, 0.4) is 0 Å². The van der Waals surface area contributed by atoms with E-state index < -0.39 is 0 Å². The second-order valence-electron chi connectivity index (χ2n) is 8.98. The van der Waals surface area contributed by atoms with Gasteiger partial charge >= 0.3 is 0 Å². The molecule has 1 aliphatic heterocycles. The second kappa shape index (κ2) is 7.10. The fraction of sp³-hybridized carbons (Fsp3) is 0.154. The maximum Gasteiger partial charge on any atom is 0.181 e. The maximum atomic E-state index is 5.01. The van der Waals surface area contributed by atoms with E-state index in [1.165, 1.54) is 5.56 Å². The van der Waals surface area contributed by atoms with Crippen molar-refractivity contribution >= 4 is 22.1 Å². The van der Waals surface area contributed by atoms with Crippen LogP contribution in [-0.2, 0) is 20.1 Å². The lowest BCUT2D eigenvalue weighted by molar-refractivity contribution is 0.310. The highest BCUT2D eigenvalue weighted by Gasteiger charge is 2.19. The van der Waals surface area contributed by atoms with E-state index in [1.807, 2.05) is 24.1 Å². The molecule has 34 heavy (non-hydrogen) atoms. The summed E-state index contributed by atoms with van der Waals surface area (Å²) in [7, 11) is 4.13. The molecule has 0 amide bonds. The molecule has 0 radical (unpaired) electrons. The Morgan fingerprint density at radius 3 is 2.76 bits per heavy atom. The number of aryl methyl sites for hydroxylation is 1. The summed E-state index contributed by atoms with van der Waals surface area (Å²) in [6.45, 7) is 1.59. The minimum Gasteiger partial charge on any atom is -0.337 e. The zero-order chi connectivity index (χ0) is 22.8. The number of hydrogen-bond donors (Lipinski definition) is 2. The van der Waals surface area contributed by atoms with Crippen LogP contribution < -0.4 is 0 Å². The number of nitrogens with one attached hydrogen (secondary N) is 2. The second-order valence-corrected chi connectivity index (χ2v) is 8.98. The summed E-state index contributed by atoms with van der Waals surface area (Å²) in [6.07, 6.45) is 3.79. The van der Waals surface area contributed by atoms with Gasteiger partial charge in [-0.05, 0) is 36.4 Å². The molecule has 6 bridgehead atoms. The van der Waals surface area contributed by atoms with Gasteiger partial charge in [-0.25, -0.2) is 9.97 Å². The van der Waals surface area contributed by atoms with E-state index in [2.05, 4.69) is 85.7 Å². The van der Waals surface area contributed by atoms with Gasteiger partial charge in [-0.2, -0.15) is 10.2 Å². The zero-order valence-corrected chi connectivity index (χ0v) is 18.9. The lowest BCUT2D eigenvalue weighted by Crippen LogP contribution is -2.19. The van der Waals surface area contributed by atoms with Crippen LogP contribution >= 0.6 is 0 Å². The SMILES string of the molecule is CN1Cc2cccc(c2)-c2cccc3[nH]c(nc23)-c2[nH]nc3ncc(cc23)-c2cnn(C)c2C1. The van der Waals surface area contributed by atoms with Crippen LogP contribution in [0.1, 0.15) is 11.3 Å². The Morgan fingerprint density at radius 2 is 1.82 bits per heavy atom. The molecule has 0 atom stereocenters. The number of rotatable bonds is 0. The zero-order valence-electron chi connectivity index (χ0n) is 18.9. The maximum absolute atomic E-state index is 5.01. The molecule has 0 saturated carbocycles. The first kappa shape index (κ1) is 19.2. The molecule has 1 aliphatic rings. The van der Waals surface area contributed by atoms with Crippen molar-refractivity contribution in [3.8, 4) is 33.8 Å². The van der Waals surface area contributed by atoms with Gasteiger partial charge in [-0.1, -0.05) is 30.3 Å². The van der Waals surface area contributed by atoms with Gasteiger partial charge in [-0.15, -0.1) is 0 Å². The first-order valence-corrected chi connectivity index (χ1v) is 11.3. The summed E-state index contributed by atoms with van der Waals surface area (Å²) in [6, 6.07) is 17.1. The van der Waals surface area contributed by atoms with E-state index in [0.29, 0.717) is 5.65 Å². The average molecular weight is 447 g/mol. The molecular weight excluding hydrogens is 424 g/mol. The van der Waals surface area contributed by atoms with Gasteiger partial charge in [-0.3, -0.25) is 14.7 Å². The normalized spacial score (nSPS) is 13.8. The van der Waals surface area contributed by atoms with E-state index in [9.17, 15) is 0 Å². The lowest BCUT2D eigenvalue weighted by Gasteiger charge is -2.19. The fourth-order valence-corrected chi connectivity index (χ4v) is 4.96. The van der Waals surface area contributed by atoms with Gasteiger partial charge in [0.25, 0.3) is 0 Å². The van der Waals surface area contributed by atoms with Crippen LogP contribution in [0.2, 0.25) is 0 Å². The molecule has 8 nitrogen and oxygen atoms in total. The Morgan fingerprint density at radius 1 is 0.912 bits per heavy atom. The number of benzene rings is 2. The summed E-state index contributed by atoms with van der Waals surface area (Å²) in [5.41, 5.74) is 10.2. The van der Waals surface area contributed by atoms with Gasteiger partial charge in [0.2, 0.25) is 0 Å². The molecule has 8 heteroatoms. The van der Waals surface area contributed by atoms with Crippen LogP contribution in [0.25, 0.3) is 55.8 Å². The quantitative estimate of drug-likeness (QED) is 0.358. The monoisotopic (exact) mass is 446 g/mol. The molecular formula is C26H22N8. The van der Waals surface area contributed by atoms with Crippen LogP contribution in [0.15, 0.2) is 60.9 Å². The summed E-state index contributed by atoms with van der Waals surface area (Å²) in [5, 5.41) is 13.1. The molecule has 0 aliphatic carbocycles. The highest BCUT2D eigenvalue weighted by molar-refractivity contribution is 5.97. The number of H-pyrrole nitrogens is 2. The Labute approximate surface area is 195 Å². The highest BCUT2D eigenvalue weighted by atomic mass is 15.3. The molecule has 6 aromatic rings. The highest BCUT2D eigenvalue weighted by Crippen LogP contribution is 2.34. The number of para-hydroxylation sites is 1. The van der Waals surface area contributed by atoms with Crippen molar-refractivity contribution in [3.63, 3.8) is 0 Å². The van der Waals surface area contributed by atoms with Crippen molar-refractivity contribution in [1.82, 2.24) is 39.8 Å². The number of pyridine rings is 1.